The standard InChI is InChI=1S/C22H20ClFN2O4S/c1-30-21-12-9-17(23)13-20(21)25-22(27)15-26(14-16-7-10-18(24)11-8-16)31(28,29)19-5-3-2-4-6-19/h2-13H,14-15H2,1H3,(H,25,27). The smallest absolute Gasteiger partial charge is 0.243 e. The van der Waals surface area contributed by atoms with E-state index in [4.69, 9.17) is 16.3 Å². The highest BCUT2D eigenvalue weighted by Gasteiger charge is 2.27. The number of ether oxygens (including phenoxy) is 1. The Morgan fingerprint density at radius 1 is 1.06 bits per heavy atom. The number of nitrogens with zero attached hydrogens (tertiary/aromatic N) is 1. The highest BCUT2D eigenvalue weighted by molar-refractivity contribution is 7.89. The highest BCUT2D eigenvalue weighted by atomic mass is 35.5. The molecule has 3 aromatic carbocycles. The van der Waals surface area contributed by atoms with Crippen LogP contribution in [0.3, 0.4) is 0 Å². The van der Waals surface area contributed by atoms with Crippen LogP contribution in [0.5, 0.6) is 5.75 Å². The third kappa shape index (κ3) is 5.81. The van der Waals surface area contributed by atoms with Crippen molar-refractivity contribution < 1.29 is 22.3 Å². The second-order valence-electron chi connectivity index (χ2n) is 6.61. The summed E-state index contributed by atoms with van der Waals surface area (Å²) in [5.74, 6) is -0.636. The van der Waals surface area contributed by atoms with Crippen molar-refractivity contribution in [2.24, 2.45) is 0 Å². The number of methoxy groups -OCH3 is 1. The Kier molecular flexibility index (Phi) is 7.27. The summed E-state index contributed by atoms with van der Waals surface area (Å²) in [6, 6.07) is 17.9. The average molecular weight is 463 g/mol. The van der Waals surface area contributed by atoms with Crippen LogP contribution < -0.4 is 10.1 Å². The molecule has 0 bridgehead atoms. The summed E-state index contributed by atoms with van der Waals surface area (Å²) in [5.41, 5.74) is 0.855. The monoisotopic (exact) mass is 462 g/mol. The molecule has 0 saturated heterocycles. The summed E-state index contributed by atoms with van der Waals surface area (Å²) in [5, 5.41) is 3.02. The Hall–Kier alpha value is -2.94. The van der Waals surface area contributed by atoms with Gasteiger partial charge in [0.1, 0.15) is 11.6 Å². The molecule has 0 spiro atoms. The van der Waals surface area contributed by atoms with Gasteiger partial charge in [0.2, 0.25) is 15.9 Å². The summed E-state index contributed by atoms with van der Waals surface area (Å²) in [6.45, 7) is -0.581. The first-order chi connectivity index (χ1) is 14.8. The molecule has 3 aromatic rings. The first kappa shape index (κ1) is 22.7. The molecule has 0 aliphatic rings. The van der Waals surface area contributed by atoms with Crippen molar-refractivity contribution in [3.05, 3.63) is 89.2 Å². The Labute approximate surface area is 185 Å². The van der Waals surface area contributed by atoms with Crippen LogP contribution in [0.25, 0.3) is 0 Å². The fraction of sp³-hybridized carbons (Fsp3) is 0.136. The zero-order valence-electron chi connectivity index (χ0n) is 16.6. The largest absolute Gasteiger partial charge is 0.495 e. The summed E-state index contributed by atoms with van der Waals surface area (Å²) < 4.78 is 45.9. The zero-order valence-corrected chi connectivity index (χ0v) is 18.2. The molecule has 0 unspecified atom stereocenters. The molecule has 1 N–H and O–H groups in total. The molecule has 0 atom stereocenters. The Morgan fingerprint density at radius 2 is 1.74 bits per heavy atom. The van der Waals surface area contributed by atoms with E-state index in [2.05, 4.69) is 5.32 Å². The van der Waals surface area contributed by atoms with Crippen molar-refractivity contribution in [2.45, 2.75) is 11.4 Å². The van der Waals surface area contributed by atoms with Crippen LogP contribution >= 0.6 is 11.6 Å². The molecule has 9 heteroatoms. The molecule has 31 heavy (non-hydrogen) atoms. The van der Waals surface area contributed by atoms with Crippen molar-refractivity contribution >= 4 is 33.2 Å². The third-order valence-electron chi connectivity index (χ3n) is 4.41. The van der Waals surface area contributed by atoms with Gasteiger partial charge in [-0.1, -0.05) is 41.9 Å². The first-order valence-corrected chi connectivity index (χ1v) is 11.0. The maximum absolute atomic E-state index is 13.3. The average Bonchev–Trinajstić information content (AvgIpc) is 2.75. The lowest BCUT2D eigenvalue weighted by atomic mass is 10.2. The molecule has 0 fully saturated rings. The molecule has 1 amide bonds. The maximum Gasteiger partial charge on any atom is 0.243 e. The minimum absolute atomic E-state index is 0.0465. The topological polar surface area (TPSA) is 75.7 Å². The van der Waals surface area contributed by atoms with Gasteiger partial charge in [-0.15, -0.1) is 0 Å². The van der Waals surface area contributed by atoms with E-state index in [9.17, 15) is 17.6 Å². The number of halogens is 2. The van der Waals surface area contributed by atoms with E-state index in [1.807, 2.05) is 0 Å². The van der Waals surface area contributed by atoms with Crippen LogP contribution in [0.4, 0.5) is 10.1 Å². The maximum atomic E-state index is 13.3. The molecule has 162 valence electrons. The number of anilines is 1. The SMILES string of the molecule is COc1ccc(Cl)cc1NC(=O)CN(Cc1ccc(F)cc1)S(=O)(=O)c1ccccc1. The van der Waals surface area contributed by atoms with E-state index in [1.54, 1.807) is 30.3 Å². The van der Waals surface area contributed by atoms with Gasteiger partial charge < -0.3 is 10.1 Å². The Bertz CT molecular complexity index is 1160. The van der Waals surface area contributed by atoms with Gasteiger partial charge in [-0.05, 0) is 48.0 Å². The van der Waals surface area contributed by atoms with Crippen LogP contribution in [0, 0.1) is 5.82 Å². The number of hydrogen-bond donors (Lipinski definition) is 1. The van der Waals surface area contributed by atoms with Crippen molar-refractivity contribution in [1.29, 1.82) is 0 Å². The number of carbonyl (C=O) groups is 1. The van der Waals surface area contributed by atoms with Gasteiger partial charge in [0, 0.05) is 11.6 Å². The fourth-order valence-electron chi connectivity index (χ4n) is 2.89. The van der Waals surface area contributed by atoms with Crippen molar-refractivity contribution in [1.82, 2.24) is 4.31 Å². The van der Waals surface area contributed by atoms with Gasteiger partial charge in [0.15, 0.2) is 0 Å². The van der Waals surface area contributed by atoms with Crippen LogP contribution in [-0.4, -0.2) is 32.3 Å². The fourth-order valence-corrected chi connectivity index (χ4v) is 4.47. The lowest BCUT2D eigenvalue weighted by Gasteiger charge is -2.22. The molecular weight excluding hydrogens is 443 g/mol. The highest BCUT2D eigenvalue weighted by Crippen LogP contribution is 2.28. The molecule has 0 aromatic heterocycles. The van der Waals surface area contributed by atoms with Crippen molar-refractivity contribution in [3.8, 4) is 5.75 Å². The molecule has 6 nitrogen and oxygen atoms in total. The first-order valence-electron chi connectivity index (χ1n) is 9.22. The molecule has 0 radical (unpaired) electrons. The van der Waals surface area contributed by atoms with Crippen molar-refractivity contribution in [3.63, 3.8) is 0 Å². The minimum Gasteiger partial charge on any atom is -0.495 e. The summed E-state index contributed by atoms with van der Waals surface area (Å²) >= 11 is 5.99. The molecule has 0 saturated carbocycles. The summed E-state index contributed by atoms with van der Waals surface area (Å²) in [6.07, 6.45) is 0. The Morgan fingerprint density at radius 3 is 2.39 bits per heavy atom. The lowest BCUT2D eigenvalue weighted by molar-refractivity contribution is -0.116. The number of carbonyl (C=O) groups excluding carboxylic acids is 1. The van der Waals surface area contributed by atoms with Gasteiger partial charge in [-0.2, -0.15) is 4.31 Å². The number of nitrogens with one attached hydrogen (secondary N) is 1. The van der Waals surface area contributed by atoms with E-state index in [1.165, 1.54) is 49.6 Å². The number of sulfonamides is 1. The van der Waals surface area contributed by atoms with Gasteiger partial charge in [0.05, 0.1) is 24.2 Å². The van der Waals surface area contributed by atoms with Gasteiger partial charge >= 0.3 is 0 Å². The molecule has 0 aliphatic heterocycles. The van der Waals surface area contributed by atoms with E-state index < -0.39 is 28.3 Å². The molecule has 3 rings (SSSR count). The summed E-state index contributed by atoms with van der Waals surface area (Å²) in [7, 11) is -2.56. The van der Waals surface area contributed by atoms with Gasteiger partial charge in [-0.25, -0.2) is 12.8 Å². The number of rotatable bonds is 8. The van der Waals surface area contributed by atoms with E-state index in [-0.39, 0.29) is 11.4 Å². The molecule has 0 heterocycles. The number of hydrogen-bond acceptors (Lipinski definition) is 4. The van der Waals surface area contributed by atoms with Crippen LogP contribution in [0.15, 0.2) is 77.7 Å². The predicted molar refractivity (Wildman–Crippen MR) is 117 cm³/mol. The third-order valence-corrected chi connectivity index (χ3v) is 6.45. The molecular formula is C22H20ClFN2O4S. The second kappa shape index (κ2) is 9.91. The predicted octanol–water partition coefficient (Wildman–Crippen LogP) is 4.32. The number of benzene rings is 3. The van der Waals surface area contributed by atoms with Gasteiger partial charge in [-0.3, -0.25) is 4.79 Å². The summed E-state index contributed by atoms with van der Waals surface area (Å²) in [4.78, 5) is 12.8. The van der Waals surface area contributed by atoms with Gasteiger partial charge in [0.25, 0.3) is 0 Å². The Balaban J connectivity index is 1.88. The normalized spacial score (nSPS) is 11.4. The van der Waals surface area contributed by atoms with E-state index in [0.29, 0.717) is 22.0 Å². The number of amides is 1. The second-order valence-corrected chi connectivity index (χ2v) is 8.98. The lowest BCUT2D eigenvalue weighted by Crippen LogP contribution is -2.37. The van der Waals surface area contributed by atoms with Crippen LogP contribution in [-0.2, 0) is 21.4 Å². The van der Waals surface area contributed by atoms with E-state index >= 15 is 0 Å². The zero-order chi connectivity index (χ0) is 22.4. The molecule has 0 aliphatic carbocycles. The van der Waals surface area contributed by atoms with Crippen LogP contribution in [0.2, 0.25) is 5.02 Å². The quantitative estimate of drug-likeness (QED) is 0.541. The van der Waals surface area contributed by atoms with E-state index in [0.717, 1.165) is 4.31 Å². The van der Waals surface area contributed by atoms with Crippen molar-refractivity contribution in [2.75, 3.05) is 19.0 Å². The minimum atomic E-state index is -4.00. The van der Waals surface area contributed by atoms with Crippen LogP contribution in [0.1, 0.15) is 5.56 Å².